The molecule has 0 aliphatic heterocycles. The second-order valence-corrected chi connectivity index (χ2v) is 4.88. The molecule has 0 unspecified atom stereocenters. The predicted octanol–water partition coefficient (Wildman–Crippen LogP) is 2.26. The van der Waals surface area contributed by atoms with Crippen LogP contribution in [0.5, 0.6) is 0 Å². The van der Waals surface area contributed by atoms with Gasteiger partial charge in [-0.3, -0.25) is 0 Å². The van der Waals surface area contributed by atoms with Crippen LogP contribution in [0, 0.1) is 3.57 Å². The Bertz CT molecular complexity index is 508. The predicted molar refractivity (Wildman–Crippen MR) is 75.4 cm³/mol. The minimum Gasteiger partial charge on any atom is -0.373 e. The Morgan fingerprint density at radius 2 is 2.24 bits per heavy atom. The van der Waals surface area contributed by atoms with Crippen LogP contribution in [0.1, 0.15) is 19.2 Å². The second-order valence-electron chi connectivity index (χ2n) is 3.63. The van der Waals surface area contributed by atoms with Crippen LogP contribution in [0.15, 0.2) is 18.5 Å². The van der Waals surface area contributed by atoms with Crippen LogP contribution in [0.25, 0.3) is 5.82 Å². The Morgan fingerprint density at radius 1 is 1.41 bits per heavy atom. The van der Waals surface area contributed by atoms with Crippen LogP contribution >= 0.6 is 22.6 Å². The van der Waals surface area contributed by atoms with E-state index in [1.807, 2.05) is 19.3 Å². The third-order valence-corrected chi connectivity index (χ3v) is 2.83. The van der Waals surface area contributed by atoms with Gasteiger partial charge in [-0.05, 0) is 29.0 Å². The van der Waals surface area contributed by atoms with E-state index in [0.717, 1.165) is 33.9 Å². The Hall–Kier alpha value is -1.18. The molecule has 2 rings (SSSR count). The molecule has 6 heteroatoms. The molecule has 2 aromatic heterocycles. The quantitative estimate of drug-likeness (QED) is 0.866. The van der Waals surface area contributed by atoms with E-state index in [1.54, 1.807) is 10.9 Å². The number of hydrogen-bond acceptors (Lipinski definition) is 4. The highest BCUT2D eigenvalue weighted by Crippen LogP contribution is 2.12. The van der Waals surface area contributed by atoms with Crippen LogP contribution in [-0.4, -0.2) is 26.8 Å². The van der Waals surface area contributed by atoms with E-state index in [1.165, 1.54) is 0 Å². The van der Waals surface area contributed by atoms with Crippen LogP contribution in [-0.2, 0) is 6.42 Å². The number of aromatic nitrogens is 4. The van der Waals surface area contributed by atoms with E-state index in [4.69, 9.17) is 0 Å². The molecule has 1 N–H and O–H groups in total. The SMILES string of the molecule is CCCc1nc(NC)cc(-n2cc(I)cn2)n1. The van der Waals surface area contributed by atoms with E-state index < -0.39 is 0 Å². The van der Waals surface area contributed by atoms with Crippen molar-refractivity contribution in [3.63, 3.8) is 0 Å². The number of nitrogens with one attached hydrogen (secondary N) is 1. The van der Waals surface area contributed by atoms with Crippen LogP contribution in [0.3, 0.4) is 0 Å². The van der Waals surface area contributed by atoms with Gasteiger partial charge in [0.05, 0.1) is 9.77 Å². The Morgan fingerprint density at radius 3 is 2.82 bits per heavy atom. The summed E-state index contributed by atoms with van der Waals surface area (Å²) in [6, 6.07) is 1.89. The molecule has 0 spiro atoms. The Labute approximate surface area is 114 Å². The molecule has 0 saturated heterocycles. The minimum atomic E-state index is 0.802. The third kappa shape index (κ3) is 2.93. The molecule has 0 amide bonds. The summed E-state index contributed by atoms with van der Waals surface area (Å²) in [6.45, 7) is 2.12. The summed E-state index contributed by atoms with van der Waals surface area (Å²) in [6.07, 6.45) is 5.66. The van der Waals surface area contributed by atoms with Gasteiger partial charge in [-0.25, -0.2) is 14.6 Å². The van der Waals surface area contributed by atoms with Crippen molar-refractivity contribution in [1.82, 2.24) is 19.7 Å². The first-order chi connectivity index (χ1) is 8.22. The highest BCUT2D eigenvalue weighted by molar-refractivity contribution is 14.1. The normalized spacial score (nSPS) is 10.5. The molecular weight excluding hydrogens is 329 g/mol. The topological polar surface area (TPSA) is 55.6 Å². The van der Waals surface area contributed by atoms with Crippen molar-refractivity contribution < 1.29 is 0 Å². The average Bonchev–Trinajstić information content (AvgIpc) is 2.76. The fraction of sp³-hybridized carbons (Fsp3) is 0.364. The maximum absolute atomic E-state index is 4.50. The molecule has 17 heavy (non-hydrogen) atoms. The largest absolute Gasteiger partial charge is 0.373 e. The second kappa shape index (κ2) is 5.44. The molecule has 0 radical (unpaired) electrons. The summed E-state index contributed by atoms with van der Waals surface area (Å²) in [5.74, 6) is 2.47. The number of rotatable bonds is 4. The molecule has 2 aromatic rings. The third-order valence-electron chi connectivity index (χ3n) is 2.27. The number of aryl methyl sites for hydroxylation is 1. The van der Waals surface area contributed by atoms with E-state index in [0.29, 0.717) is 0 Å². The van der Waals surface area contributed by atoms with Crippen molar-refractivity contribution in [3.05, 3.63) is 27.9 Å². The zero-order chi connectivity index (χ0) is 12.3. The van der Waals surface area contributed by atoms with Gasteiger partial charge in [-0.2, -0.15) is 5.10 Å². The first kappa shape index (κ1) is 12.3. The zero-order valence-corrected chi connectivity index (χ0v) is 12.0. The number of hydrogen-bond donors (Lipinski definition) is 1. The molecule has 0 fully saturated rings. The first-order valence-electron chi connectivity index (χ1n) is 5.49. The lowest BCUT2D eigenvalue weighted by Gasteiger charge is -2.06. The standard InChI is InChI=1S/C11H14IN5/c1-3-4-9-15-10(13-2)5-11(16-9)17-7-8(12)6-14-17/h5-7H,3-4H2,1-2H3,(H,13,15,16). The van der Waals surface area contributed by atoms with Crippen molar-refractivity contribution in [2.45, 2.75) is 19.8 Å². The lowest BCUT2D eigenvalue weighted by molar-refractivity contribution is 0.786. The summed E-state index contributed by atoms with van der Waals surface area (Å²) in [5.41, 5.74) is 0. The van der Waals surface area contributed by atoms with Gasteiger partial charge in [0.25, 0.3) is 0 Å². The van der Waals surface area contributed by atoms with Crippen molar-refractivity contribution in [1.29, 1.82) is 0 Å². The molecule has 2 heterocycles. The summed E-state index contributed by atoms with van der Waals surface area (Å²) >= 11 is 2.23. The van der Waals surface area contributed by atoms with E-state index in [-0.39, 0.29) is 0 Å². The van der Waals surface area contributed by atoms with Gasteiger partial charge in [0, 0.05) is 25.7 Å². The van der Waals surface area contributed by atoms with Gasteiger partial charge in [-0.1, -0.05) is 6.92 Å². The Balaban J connectivity index is 2.42. The van der Waals surface area contributed by atoms with Crippen LogP contribution in [0.4, 0.5) is 5.82 Å². The zero-order valence-electron chi connectivity index (χ0n) is 9.81. The fourth-order valence-electron chi connectivity index (χ4n) is 1.49. The summed E-state index contributed by atoms with van der Waals surface area (Å²) in [7, 11) is 1.86. The molecule has 0 aliphatic carbocycles. The molecule has 0 aromatic carbocycles. The highest BCUT2D eigenvalue weighted by atomic mass is 127. The van der Waals surface area contributed by atoms with E-state index in [2.05, 4.69) is 49.9 Å². The average molecular weight is 343 g/mol. The fourth-order valence-corrected chi connectivity index (χ4v) is 1.88. The number of anilines is 1. The van der Waals surface area contributed by atoms with Crippen LogP contribution in [0.2, 0.25) is 0 Å². The van der Waals surface area contributed by atoms with Crippen LogP contribution < -0.4 is 5.32 Å². The first-order valence-corrected chi connectivity index (χ1v) is 6.57. The molecule has 0 atom stereocenters. The molecular formula is C11H14IN5. The van der Waals surface area contributed by atoms with Gasteiger partial charge < -0.3 is 5.32 Å². The van der Waals surface area contributed by atoms with Gasteiger partial charge in [0.15, 0.2) is 5.82 Å². The minimum absolute atomic E-state index is 0.802. The Kier molecular flexibility index (Phi) is 3.93. The van der Waals surface area contributed by atoms with Crippen molar-refractivity contribution in [3.8, 4) is 5.82 Å². The van der Waals surface area contributed by atoms with E-state index >= 15 is 0 Å². The molecule has 90 valence electrons. The van der Waals surface area contributed by atoms with Gasteiger partial charge >= 0.3 is 0 Å². The number of nitrogens with zero attached hydrogens (tertiary/aromatic N) is 4. The maximum atomic E-state index is 4.50. The van der Waals surface area contributed by atoms with Crippen molar-refractivity contribution in [2.75, 3.05) is 12.4 Å². The lowest BCUT2D eigenvalue weighted by Crippen LogP contribution is -2.06. The summed E-state index contributed by atoms with van der Waals surface area (Å²) in [5, 5.41) is 7.30. The smallest absolute Gasteiger partial charge is 0.159 e. The van der Waals surface area contributed by atoms with Gasteiger partial charge in [0.2, 0.25) is 0 Å². The summed E-state index contributed by atoms with van der Waals surface area (Å²) in [4.78, 5) is 8.91. The van der Waals surface area contributed by atoms with Crippen molar-refractivity contribution in [2.24, 2.45) is 0 Å². The highest BCUT2D eigenvalue weighted by Gasteiger charge is 2.06. The van der Waals surface area contributed by atoms with Gasteiger partial charge in [0.1, 0.15) is 11.6 Å². The summed E-state index contributed by atoms with van der Waals surface area (Å²) < 4.78 is 2.85. The molecule has 0 aliphatic rings. The molecule has 5 nitrogen and oxygen atoms in total. The molecule has 0 bridgehead atoms. The monoisotopic (exact) mass is 343 g/mol. The van der Waals surface area contributed by atoms with E-state index in [9.17, 15) is 0 Å². The maximum Gasteiger partial charge on any atom is 0.159 e. The molecule has 0 saturated carbocycles. The number of halogens is 1. The van der Waals surface area contributed by atoms with Crippen molar-refractivity contribution >= 4 is 28.4 Å². The lowest BCUT2D eigenvalue weighted by atomic mass is 10.3. The van der Waals surface area contributed by atoms with Gasteiger partial charge in [-0.15, -0.1) is 0 Å².